The molecule has 0 saturated carbocycles. The van der Waals surface area contributed by atoms with Gasteiger partial charge in [0.2, 0.25) is 11.8 Å². The number of nitrogens with zero attached hydrogens (tertiary/aromatic N) is 1. The maximum Gasteiger partial charge on any atom is 0.248 e. The molecule has 0 aliphatic carbocycles. The molecule has 0 bridgehead atoms. The fourth-order valence-electron chi connectivity index (χ4n) is 3.38. The summed E-state index contributed by atoms with van der Waals surface area (Å²) in [5, 5.41) is 8.09. The highest BCUT2D eigenvalue weighted by molar-refractivity contribution is 7.19. The lowest BCUT2D eigenvalue weighted by molar-refractivity contribution is -0.126. The molecular formula is C26H25N3O3S2. The Kier molecular flexibility index (Phi) is 8.06. The number of thiophene rings is 1. The molecule has 6 nitrogen and oxygen atoms in total. The lowest BCUT2D eigenvalue weighted by Gasteiger charge is -2.15. The number of hydrogen-bond acceptors (Lipinski definition) is 6. The summed E-state index contributed by atoms with van der Waals surface area (Å²) in [6.07, 6.45) is 2.50. The van der Waals surface area contributed by atoms with E-state index in [1.54, 1.807) is 6.20 Å². The molecule has 0 fully saturated rings. The van der Waals surface area contributed by atoms with E-state index >= 15 is 0 Å². The van der Waals surface area contributed by atoms with Gasteiger partial charge in [-0.25, -0.2) is 4.98 Å². The number of para-hydroxylation sites is 1. The Bertz CT molecular complexity index is 1220. The number of hydrogen-bond donors (Lipinski definition) is 2. The number of anilines is 1. The number of aromatic nitrogens is 1. The van der Waals surface area contributed by atoms with Crippen molar-refractivity contribution in [2.45, 2.75) is 32.4 Å². The zero-order valence-electron chi connectivity index (χ0n) is 18.7. The Balaban J connectivity index is 1.39. The van der Waals surface area contributed by atoms with Crippen molar-refractivity contribution in [3.63, 3.8) is 0 Å². The van der Waals surface area contributed by atoms with Gasteiger partial charge >= 0.3 is 0 Å². The van der Waals surface area contributed by atoms with E-state index in [0.717, 1.165) is 26.6 Å². The van der Waals surface area contributed by atoms with Gasteiger partial charge in [-0.2, -0.15) is 0 Å². The standard InChI is InChI=1S/C26H25N3O3S2/c1-2-22(28-24(30)15-20-12-8-14-33-20)25(31)29-26-27-16-23(34-26)21-13-7-6-9-18(21)17-32-19-10-4-3-5-11-19/h3-14,16,22H,2,15,17H2,1H3,(H,28,30)(H,27,29,31)/t22-/m0/s1. The van der Waals surface area contributed by atoms with Gasteiger partial charge in [0, 0.05) is 11.1 Å². The van der Waals surface area contributed by atoms with Crippen molar-refractivity contribution in [3.8, 4) is 16.2 Å². The van der Waals surface area contributed by atoms with Crippen molar-refractivity contribution in [2.75, 3.05) is 5.32 Å². The SMILES string of the molecule is CC[C@H](NC(=O)Cc1cccs1)C(=O)Nc1ncc(-c2ccccc2COc2ccccc2)s1. The van der Waals surface area contributed by atoms with Gasteiger partial charge in [0.25, 0.3) is 0 Å². The average Bonchev–Trinajstić information content (AvgIpc) is 3.54. The molecule has 0 aliphatic heterocycles. The molecule has 0 saturated heterocycles. The molecule has 4 aromatic rings. The summed E-state index contributed by atoms with van der Waals surface area (Å²) in [4.78, 5) is 31.4. The fraction of sp³-hybridized carbons (Fsp3) is 0.192. The molecule has 0 radical (unpaired) electrons. The minimum Gasteiger partial charge on any atom is -0.489 e. The molecule has 2 heterocycles. The van der Waals surface area contributed by atoms with Gasteiger partial charge < -0.3 is 15.4 Å². The zero-order chi connectivity index (χ0) is 23.8. The van der Waals surface area contributed by atoms with Crippen LogP contribution in [-0.4, -0.2) is 22.8 Å². The number of benzene rings is 2. The zero-order valence-corrected chi connectivity index (χ0v) is 20.3. The van der Waals surface area contributed by atoms with Crippen molar-refractivity contribution in [1.82, 2.24) is 10.3 Å². The van der Waals surface area contributed by atoms with Crippen molar-refractivity contribution < 1.29 is 14.3 Å². The molecule has 4 rings (SSSR count). The van der Waals surface area contributed by atoms with Crippen LogP contribution in [0.5, 0.6) is 5.75 Å². The highest BCUT2D eigenvalue weighted by Gasteiger charge is 2.21. The van der Waals surface area contributed by atoms with E-state index in [9.17, 15) is 9.59 Å². The normalized spacial score (nSPS) is 11.6. The third kappa shape index (κ3) is 6.30. The first-order chi connectivity index (χ1) is 16.6. The first kappa shape index (κ1) is 23.7. The quantitative estimate of drug-likeness (QED) is 0.306. The number of thiazole rings is 1. The largest absolute Gasteiger partial charge is 0.489 e. The molecular weight excluding hydrogens is 466 g/mol. The number of amides is 2. The van der Waals surface area contributed by atoms with Gasteiger partial charge in [-0.05, 0) is 41.1 Å². The van der Waals surface area contributed by atoms with E-state index in [2.05, 4.69) is 15.6 Å². The minimum atomic E-state index is -0.619. The number of ether oxygens (including phenoxy) is 1. The Morgan fingerprint density at radius 1 is 1.03 bits per heavy atom. The minimum absolute atomic E-state index is 0.170. The maximum absolute atomic E-state index is 12.8. The van der Waals surface area contributed by atoms with Crippen LogP contribution in [-0.2, 0) is 22.6 Å². The third-order valence-electron chi connectivity index (χ3n) is 5.13. The maximum atomic E-state index is 12.8. The Morgan fingerprint density at radius 2 is 1.82 bits per heavy atom. The molecule has 174 valence electrons. The number of carbonyl (C=O) groups excluding carboxylic acids is 2. The fourth-order valence-corrected chi connectivity index (χ4v) is 4.97. The van der Waals surface area contributed by atoms with E-state index in [-0.39, 0.29) is 18.2 Å². The van der Waals surface area contributed by atoms with E-state index in [0.29, 0.717) is 18.2 Å². The van der Waals surface area contributed by atoms with Crippen LogP contribution in [0, 0.1) is 0 Å². The summed E-state index contributed by atoms with van der Waals surface area (Å²) in [5.74, 6) is 0.363. The molecule has 0 aliphatic rings. The van der Waals surface area contributed by atoms with Crippen molar-refractivity contribution in [1.29, 1.82) is 0 Å². The molecule has 2 amide bonds. The number of carbonyl (C=O) groups is 2. The van der Waals surface area contributed by atoms with Crippen LogP contribution in [0.3, 0.4) is 0 Å². The highest BCUT2D eigenvalue weighted by Crippen LogP contribution is 2.32. The molecule has 0 spiro atoms. The van der Waals surface area contributed by atoms with Crippen LogP contribution in [0.15, 0.2) is 78.3 Å². The van der Waals surface area contributed by atoms with E-state index in [4.69, 9.17) is 4.74 Å². The summed E-state index contributed by atoms with van der Waals surface area (Å²) in [6.45, 7) is 2.29. The summed E-state index contributed by atoms with van der Waals surface area (Å²) in [6, 6.07) is 20.8. The lowest BCUT2D eigenvalue weighted by Crippen LogP contribution is -2.43. The van der Waals surface area contributed by atoms with E-state index < -0.39 is 6.04 Å². The summed E-state index contributed by atoms with van der Waals surface area (Å²) in [5.41, 5.74) is 2.04. The van der Waals surface area contributed by atoms with E-state index in [1.165, 1.54) is 22.7 Å². The van der Waals surface area contributed by atoms with Crippen LogP contribution in [0.2, 0.25) is 0 Å². The average molecular weight is 492 g/mol. The summed E-state index contributed by atoms with van der Waals surface area (Å²) in [7, 11) is 0. The topological polar surface area (TPSA) is 80.3 Å². The molecule has 2 aromatic carbocycles. The molecule has 0 unspecified atom stereocenters. The van der Waals surface area contributed by atoms with Gasteiger partial charge in [0.15, 0.2) is 5.13 Å². The number of nitrogens with one attached hydrogen (secondary N) is 2. The Hall–Kier alpha value is -3.49. The Morgan fingerprint density at radius 3 is 2.59 bits per heavy atom. The second-order valence-electron chi connectivity index (χ2n) is 7.56. The van der Waals surface area contributed by atoms with Crippen LogP contribution in [0.4, 0.5) is 5.13 Å². The van der Waals surface area contributed by atoms with Crippen LogP contribution in [0.25, 0.3) is 10.4 Å². The Labute approximate surface area is 206 Å². The van der Waals surface area contributed by atoms with Gasteiger partial charge in [0.1, 0.15) is 18.4 Å². The molecule has 2 N–H and O–H groups in total. The highest BCUT2D eigenvalue weighted by atomic mass is 32.1. The van der Waals surface area contributed by atoms with E-state index in [1.807, 2.05) is 79.0 Å². The molecule has 8 heteroatoms. The molecule has 1 atom stereocenters. The first-order valence-corrected chi connectivity index (χ1v) is 12.7. The van der Waals surface area contributed by atoms with Crippen molar-refractivity contribution in [3.05, 3.63) is 88.7 Å². The lowest BCUT2D eigenvalue weighted by atomic mass is 10.1. The summed E-state index contributed by atoms with van der Waals surface area (Å²) >= 11 is 2.91. The van der Waals surface area contributed by atoms with Crippen LogP contribution >= 0.6 is 22.7 Å². The van der Waals surface area contributed by atoms with Gasteiger partial charge in [-0.1, -0.05) is 66.8 Å². The summed E-state index contributed by atoms with van der Waals surface area (Å²) < 4.78 is 5.92. The van der Waals surface area contributed by atoms with Crippen LogP contribution < -0.4 is 15.4 Å². The third-order valence-corrected chi connectivity index (χ3v) is 6.95. The molecule has 2 aromatic heterocycles. The number of rotatable bonds is 10. The predicted molar refractivity (Wildman–Crippen MR) is 137 cm³/mol. The van der Waals surface area contributed by atoms with Gasteiger partial charge in [-0.15, -0.1) is 11.3 Å². The van der Waals surface area contributed by atoms with Crippen LogP contribution in [0.1, 0.15) is 23.8 Å². The van der Waals surface area contributed by atoms with Gasteiger partial charge in [-0.3, -0.25) is 9.59 Å². The smallest absolute Gasteiger partial charge is 0.248 e. The second kappa shape index (κ2) is 11.6. The second-order valence-corrected chi connectivity index (χ2v) is 9.63. The first-order valence-electron chi connectivity index (χ1n) is 11.0. The van der Waals surface area contributed by atoms with Gasteiger partial charge in [0.05, 0.1) is 11.3 Å². The predicted octanol–water partition coefficient (Wildman–Crippen LogP) is 5.53. The monoisotopic (exact) mass is 491 g/mol. The van der Waals surface area contributed by atoms with Crippen molar-refractivity contribution in [2.24, 2.45) is 0 Å². The van der Waals surface area contributed by atoms with Crippen molar-refractivity contribution >= 4 is 39.6 Å². The molecule has 34 heavy (non-hydrogen) atoms.